The van der Waals surface area contributed by atoms with E-state index < -0.39 is 17.2 Å². The molecule has 30 heavy (non-hydrogen) atoms. The van der Waals surface area contributed by atoms with E-state index in [0.717, 1.165) is 10.1 Å². The predicted octanol–water partition coefficient (Wildman–Crippen LogP) is 2.97. The molecule has 0 saturated heterocycles. The van der Waals surface area contributed by atoms with Gasteiger partial charge in [0.15, 0.2) is 0 Å². The number of fused-ring (bicyclic) bond motifs is 1. The van der Waals surface area contributed by atoms with Gasteiger partial charge in [0.05, 0.1) is 23.1 Å². The fraction of sp³-hybridized carbons (Fsp3) is 0.0455. The lowest BCUT2D eigenvalue weighted by Gasteiger charge is -2.14. The molecule has 4 aromatic rings. The van der Waals surface area contributed by atoms with E-state index in [-0.39, 0.29) is 12.1 Å². The summed E-state index contributed by atoms with van der Waals surface area (Å²) in [6, 6.07) is 19.8. The molecule has 8 heteroatoms. The Morgan fingerprint density at radius 1 is 0.933 bits per heavy atom. The molecular formula is C22H16ClN3O4. The third-order valence-electron chi connectivity index (χ3n) is 4.79. The van der Waals surface area contributed by atoms with Crippen LogP contribution in [0.25, 0.3) is 16.6 Å². The smallest absolute Gasteiger partial charge is 0.288 e. The first-order valence-electron chi connectivity index (χ1n) is 9.03. The van der Waals surface area contributed by atoms with E-state index >= 15 is 0 Å². The fourth-order valence-electron chi connectivity index (χ4n) is 3.30. The first kappa shape index (κ1) is 19.6. The third-order valence-corrected chi connectivity index (χ3v) is 5.05. The van der Waals surface area contributed by atoms with Crippen LogP contribution < -0.4 is 16.7 Å². The molecule has 0 radical (unpaired) electrons. The van der Waals surface area contributed by atoms with Crippen molar-refractivity contribution in [2.24, 2.45) is 0 Å². The lowest BCUT2D eigenvalue weighted by Crippen LogP contribution is -2.39. The molecule has 0 aliphatic rings. The van der Waals surface area contributed by atoms with E-state index in [1.54, 1.807) is 78.3 Å². The van der Waals surface area contributed by atoms with Gasteiger partial charge in [-0.05, 0) is 54.1 Å². The Morgan fingerprint density at radius 3 is 2.27 bits per heavy atom. The van der Waals surface area contributed by atoms with Gasteiger partial charge in [0.2, 0.25) is 0 Å². The Balaban J connectivity index is 1.89. The number of carbonyl (C=O) groups excluding carboxylic acids is 1. The highest BCUT2D eigenvalue weighted by Gasteiger charge is 2.15. The van der Waals surface area contributed by atoms with E-state index in [1.165, 1.54) is 4.57 Å². The summed E-state index contributed by atoms with van der Waals surface area (Å²) in [6.45, 7) is 0.189. The number of para-hydroxylation sites is 1. The third kappa shape index (κ3) is 3.52. The fourth-order valence-corrected chi connectivity index (χ4v) is 3.43. The predicted molar refractivity (Wildman–Crippen MR) is 114 cm³/mol. The standard InChI is InChI=1S/C22H16ClN3O4/c23-16-9-11-17(12-10-16)26-21(28)18-3-1-2-4-19(18)25(22(26)29)13-14-5-7-15(8-6-14)20(27)24-30/h1-12,30H,13H2,(H,24,27). The van der Waals surface area contributed by atoms with Crippen molar-refractivity contribution in [1.82, 2.24) is 14.6 Å². The quantitative estimate of drug-likeness (QED) is 0.391. The van der Waals surface area contributed by atoms with Crippen LogP contribution in [0.2, 0.25) is 5.02 Å². The minimum atomic E-state index is -0.625. The minimum Gasteiger partial charge on any atom is -0.288 e. The van der Waals surface area contributed by atoms with Crippen molar-refractivity contribution in [2.75, 3.05) is 0 Å². The highest BCUT2D eigenvalue weighted by atomic mass is 35.5. The number of benzene rings is 3. The molecule has 0 spiro atoms. The van der Waals surface area contributed by atoms with E-state index in [0.29, 0.717) is 21.6 Å². The van der Waals surface area contributed by atoms with Crippen LogP contribution in [0, 0.1) is 0 Å². The van der Waals surface area contributed by atoms with Crippen LogP contribution in [0.1, 0.15) is 15.9 Å². The van der Waals surface area contributed by atoms with Crippen LogP contribution in [0.5, 0.6) is 0 Å². The second-order valence-electron chi connectivity index (χ2n) is 6.64. The Bertz CT molecular complexity index is 1360. The van der Waals surface area contributed by atoms with E-state index in [4.69, 9.17) is 16.8 Å². The molecule has 1 amide bonds. The maximum atomic E-state index is 13.3. The molecule has 7 nitrogen and oxygen atoms in total. The number of amides is 1. The zero-order valence-corrected chi connectivity index (χ0v) is 16.3. The van der Waals surface area contributed by atoms with Crippen molar-refractivity contribution >= 4 is 28.4 Å². The largest absolute Gasteiger partial charge is 0.336 e. The number of hydrogen-bond donors (Lipinski definition) is 2. The van der Waals surface area contributed by atoms with Gasteiger partial charge in [0, 0.05) is 10.6 Å². The summed E-state index contributed by atoms with van der Waals surface area (Å²) in [6.07, 6.45) is 0. The summed E-state index contributed by atoms with van der Waals surface area (Å²) in [7, 11) is 0. The molecule has 0 fully saturated rings. The summed E-state index contributed by atoms with van der Waals surface area (Å²) in [5.41, 5.74) is 2.64. The van der Waals surface area contributed by atoms with Crippen LogP contribution in [0.15, 0.2) is 82.4 Å². The van der Waals surface area contributed by atoms with Crippen molar-refractivity contribution in [3.63, 3.8) is 0 Å². The molecule has 3 aromatic carbocycles. The van der Waals surface area contributed by atoms with Crippen LogP contribution >= 0.6 is 11.6 Å². The highest BCUT2D eigenvalue weighted by molar-refractivity contribution is 6.30. The van der Waals surface area contributed by atoms with Crippen molar-refractivity contribution in [3.05, 3.63) is 110 Å². The lowest BCUT2D eigenvalue weighted by atomic mass is 10.1. The second kappa shape index (κ2) is 7.98. The normalized spacial score (nSPS) is 10.9. The molecular weight excluding hydrogens is 406 g/mol. The summed E-state index contributed by atoms with van der Waals surface area (Å²) in [5.74, 6) is -0.625. The van der Waals surface area contributed by atoms with E-state index in [1.807, 2.05) is 0 Å². The number of halogens is 1. The maximum Gasteiger partial charge on any atom is 0.336 e. The van der Waals surface area contributed by atoms with Crippen molar-refractivity contribution < 1.29 is 10.0 Å². The number of hydroxylamine groups is 1. The van der Waals surface area contributed by atoms with Crippen molar-refractivity contribution in [1.29, 1.82) is 0 Å². The zero-order chi connectivity index (χ0) is 21.3. The van der Waals surface area contributed by atoms with E-state index in [2.05, 4.69) is 0 Å². The monoisotopic (exact) mass is 421 g/mol. The number of hydrogen-bond acceptors (Lipinski definition) is 4. The number of carbonyl (C=O) groups is 1. The summed E-state index contributed by atoms with van der Waals surface area (Å²) >= 11 is 5.94. The Morgan fingerprint density at radius 2 is 1.60 bits per heavy atom. The van der Waals surface area contributed by atoms with Crippen LogP contribution in [-0.2, 0) is 6.54 Å². The zero-order valence-electron chi connectivity index (χ0n) is 15.6. The Labute approximate surface area is 175 Å². The molecule has 0 atom stereocenters. The molecule has 4 rings (SSSR count). The summed E-state index contributed by atoms with van der Waals surface area (Å²) < 4.78 is 2.62. The Hall–Kier alpha value is -3.68. The molecule has 0 aliphatic carbocycles. The molecule has 1 aromatic heterocycles. The van der Waals surface area contributed by atoms with Gasteiger partial charge in [-0.2, -0.15) is 0 Å². The number of rotatable bonds is 4. The summed E-state index contributed by atoms with van der Waals surface area (Å²) in [5, 5.41) is 9.65. The molecule has 150 valence electrons. The number of aromatic nitrogens is 2. The van der Waals surface area contributed by atoms with Crippen LogP contribution in [0.4, 0.5) is 0 Å². The van der Waals surface area contributed by atoms with Crippen LogP contribution in [-0.4, -0.2) is 20.2 Å². The van der Waals surface area contributed by atoms with Gasteiger partial charge in [-0.25, -0.2) is 14.8 Å². The summed E-state index contributed by atoms with van der Waals surface area (Å²) in [4.78, 5) is 37.9. The van der Waals surface area contributed by atoms with Gasteiger partial charge in [-0.3, -0.25) is 19.4 Å². The number of nitrogens with one attached hydrogen (secondary N) is 1. The van der Waals surface area contributed by atoms with Gasteiger partial charge in [-0.1, -0.05) is 35.9 Å². The molecule has 0 saturated carbocycles. The molecule has 0 aliphatic heterocycles. The maximum absolute atomic E-state index is 13.3. The van der Waals surface area contributed by atoms with Gasteiger partial charge < -0.3 is 0 Å². The van der Waals surface area contributed by atoms with Gasteiger partial charge in [-0.15, -0.1) is 0 Å². The van der Waals surface area contributed by atoms with Gasteiger partial charge in [0.25, 0.3) is 11.5 Å². The minimum absolute atomic E-state index is 0.189. The first-order valence-corrected chi connectivity index (χ1v) is 9.41. The second-order valence-corrected chi connectivity index (χ2v) is 7.08. The average molecular weight is 422 g/mol. The topological polar surface area (TPSA) is 93.3 Å². The average Bonchev–Trinajstić information content (AvgIpc) is 2.78. The molecule has 0 unspecified atom stereocenters. The molecule has 2 N–H and O–H groups in total. The van der Waals surface area contributed by atoms with Crippen molar-refractivity contribution in [3.8, 4) is 5.69 Å². The molecule has 0 bridgehead atoms. The number of nitrogens with zero attached hydrogens (tertiary/aromatic N) is 2. The van der Waals surface area contributed by atoms with Crippen molar-refractivity contribution in [2.45, 2.75) is 6.54 Å². The SMILES string of the molecule is O=C(NO)c1ccc(Cn2c(=O)n(-c3ccc(Cl)cc3)c(=O)c3ccccc32)cc1. The Kier molecular flexibility index (Phi) is 5.22. The van der Waals surface area contributed by atoms with E-state index in [9.17, 15) is 14.4 Å². The van der Waals surface area contributed by atoms with Gasteiger partial charge in [0.1, 0.15) is 0 Å². The van der Waals surface area contributed by atoms with Crippen LogP contribution in [0.3, 0.4) is 0 Å². The highest BCUT2D eigenvalue weighted by Crippen LogP contribution is 2.15. The lowest BCUT2D eigenvalue weighted by molar-refractivity contribution is 0.0706. The molecule has 1 heterocycles. The first-order chi connectivity index (χ1) is 14.5. The van der Waals surface area contributed by atoms with Gasteiger partial charge >= 0.3 is 5.69 Å².